The second-order valence-corrected chi connectivity index (χ2v) is 5.92. The molecule has 1 aliphatic carbocycles. The first kappa shape index (κ1) is 13.5. The van der Waals surface area contributed by atoms with Gasteiger partial charge in [-0.3, -0.25) is 5.43 Å². The normalized spacial score (nSPS) is 15.9. The Labute approximate surface area is 121 Å². The first-order valence-corrected chi connectivity index (χ1v) is 7.81. The van der Waals surface area contributed by atoms with E-state index in [0.717, 1.165) is 28.9 Å². The summed E-state index contributed by atoms with van der Waals surface area (Å²) in [5.74, 6) is 6.78. The highest BCUT2D eigenvalue weighted by molar-refractivity contribution is 7.17. The van der Waals surface area contributed by atoms with E-state index < -0.39 is 0 Å². The zero-order valence-electron chi connectivity index (χ0n) is 11.2. The molecule has 2 heterocycles. The largest absolute Gasteiger partial charge is 0.395 e. The lowest BCUT2D eigenvalue weighted by Gasteiger charge is -2.29. The maximum atomic E-state index is 9.39. The fourth-order valence-corrected chi connectivity index (χ4v) is 3.73. The van der Waals surface area contributed by atoms with Crippen LogP contribution in [-0.2, 0) is 0 Å². The number of fused-ring (bicyclic) bond motifs is 1. The van der Waals surface area contributed by atoms with Crippen LogP contribution >= 0.6 is 11.3 Å². The Bertz CT molecular complexity index is 581. The van der Waals surface area contributed by atoms with Gasteiger partial charge in [0, 0.05) is 12.6 Å². The summed E-state index contributed by atoms with van der Waals surface area (Å²) in [7, 11) is 0. The van der Waals surface area contributed by atoms with Gasteiger partial charge in [0.25, 0.3) is 0 Å². The van der Waals surface area contributed by atoms with Crippen molar-refractivity contribution in [3.05, 3.63) is 11.4 Å². The number of nitrogens with two attached hydrogens (primary N) is 1. The van der Waals surface area contributed by atoms with E-state index in [9.17, 15) is 5.11 Å². The van der Waals surface area contributed by atoms with E-state index >= 15 is 0 Å². The average molecular weight is 293 g/mol. The fraction of sp³-hybridized carbons (Fsp3) is 0.538. The van der Waals surface area contributed by atoms with Crippen LogP contribution in [0.5, 0.6) is 0 Å². The van der Waals surface area contributed by atoms with Crippen molar-refractivity contribution in [1.29, 1.82) is 0 Å². The molecular formula is C13H19N5OS. The molecule has 0 aliphatic heterocycles. The highest BCUT2D eigenvalue weighted by atomic mass is 32.1. The van der Waals surface area contributed by atoms with Crippen molar-refractivity contribution in [2.24, 2.45) is 5.84 Å². The molecule has 1 saturated carbocycles. The number of thiophene rings is 1. The molecule has 1 aliphatic rings. The Morgan fingerprint density at radius 3 is 2.90 bits per heavy atom. The minimum absolute atomic E-state index is 0.124. The quantitative estimate of drug-likeness (QED) is 0.575. The topological polar surface area (TPSA) is 87.3 Å². The lowest BCUT2D eigenvalue weighted by Crippen LogP contribution is -2.36. The van der Waals surface area contributed by atoms with Gasteiger partial charge >= 0.3 is 0 Å². The SMILES string of the molecule is NNc1nc(N(CCO)C2CCCC2)c2sccc2n1. The van der Waals surface area contributed by atoms with Gasteiger partial charge in [-0.15, -0.1) is 11.3 Å². The van der Waals surface area contributed by atoms with Crippen molar-refractivity contribution < 1.29 is 5.11 Å². The third-order valence-electron chi connectivity index (χ3n) is 3.79. The lowest BCUT2D eigenvalue weighted by atomic mass is 10.2. The molecule has 7 heteroatoms. The Morgan fingerprint density at radius 2 is 2.20 bits per heavy atom. The minimum atomic E-state index is 0.124. The molecule has 6 nitrogen and oxygen atoms in total. The van der Waals surface area contributed by atoms with E-state index in [4.69, 9.17) is 5.84 Å². The van der Waals surface area contributed by atoms with Crippen LogP contribution < -0.4 is 16.2 Å². The van der Waals surface area contributed by atoms with Crippen LogP contribution in [0.4, 0.5) is 11.8 Å². The van der Waals surface area contributed by atoms with Crippen molar-refractivity contribution >= 4 is 33.3 Å². The van der Waals surface area contributed by atoms with Gasteiger partial charge in [-0.25, -0.2) is 10.8 Å². The molecular weight excluding hydrogens is 274 g/mol. The van der Waals surface area contributed by atoms with E-state index in [1.165, 1.54) is 12.8 Å². The molecule has 0 amide bonds. The molecule has 2 aromatic heterocycles. The van der Waals surface area contributed by atoms with Crippen LogP contribution in [0.1, 0.15) is 25.7 Å². The van der Waals surface area contributed by atoms with Gasteiger partial charge in [-0.2, -0.15) is 4.98 Å². The Balaban J connectivity index is 2.06. The summed E-state index contributed by atoms with van der Waals surface area (Å²) in [5.41, 5.74) is 3.43. The summed E-state index contributed by atoms with van der Waals surface area (Å²) in [6.45, 7) is 0.720. The second-order valence-electron chi connectivity index (χ2n) is 5.01. The molecule has 0 bridgehead atoms. The molecule has 2 aromatic rings. The number of anilines is 2. The van der Waals surface area contributed by atoms with Gasteiger partial charge in [0.15, 0.2) is 5.82 Å². The van der Waals surface area contributed by atoms with E-state index in [2.05, 4.69) is 20.3 Å². The number of nitrogens with zero attached hydrogens (tertiary/aromatic N) is 3. The highest BCUT2D eigenvalue weighted by Crippen LogP contribution is 2.34. The third-order valence-corrected chi connectivity index (χ3v) is 4.69. The molecule has 0 aromatic carbocycles. The summed E-state index contributed by atoms with van der Waals surface area (Å²) in [6, 6.07) is 2.42. The summed E-state index contributed by atoms with van der Waals surface area (Å²) in [5, 5.41) is 11.4. The van der Waals surface area contributed by atoms with Crippen LogP contribution in [0.25, 0.3) is 10.2 Å². The van der Waals surface area contributed by atoms with Crippen molar-refractivity contribution in [2.45, 2.75) is 31.7 Å². The molecule has 108 valence electrons. The highest BCUT2D eigenvalue weighted by Gasteiger charge is 2.25. The summed E-state index contributed by atoms with van der Waals surface area (Å²) >= 11 is 1.63. The molecule has 3 rings (SSSR count). The second kappa shape index (κ2) is 5.90. The molecule has 0 saturated heterocycles. The standard InChI is InChI=1S/C13H19N5OS/c14-17-13-15-10-5-8-20-11(10)12(16-13)18(6-7-19)9-3-1-2-4-9/h5,8-9,19H,1-4,6-7,14H2,(H,15,16,17). The molecule has 4 N–H and O–H groups in total. The number of nitrogen functional groups attached to an aromatic ring is 1. The number of hydrazine groups is 1. The fourth-order valence-electron chi connectivity index (χ4n) is 2.89. The third kappa shape index (κ3) is 2.44. The van der Waals surface area contributed by atoms with E-state index in [-0.39, 0.29) is 6.61 Å². The van der Waals surface area contributed by atoms with Gasteiger partial charge in [0.1, 0.15) is 0 Å². The Hall–Kier alpha value is -1.44. The Morgan fingerprint density at radius 1 is 1.40 bits per heavy atom. The average Bonchev–Trinajstić information content (AvgIpc) is 3.14. The van der Waals surface area contributed by atoms with Crippen molar-refractivity contribution in [1.82, 2.24) is 9.97 Å². The van der Waals surface area contributed by atoms with Crippen LogP contribution in [0.3, 0.4) is 0 Å². The maximum Gasteiger partial charge on any atom is 0.239 e. The maximum absolute atomic E-state index is 9.39. The zero-order valence-corrected chi connectivity index (χ0v) is 12.1. The van der Waals surface area contributed by atoms with Gasteiger partial charge in [0.05, 0.1) is 16.8 Å². The molecule has 0 spiro atoms. The van der Waals surface area contributed by atoms with Crippen molar-refractivity contribution in [3.8, 4) is 0 Å². The lowest BCUT2D eigenvalue weighted by molar-refractivity contribution is 0.297. The van der Waals surface area contributed by atoms with Crippen molar-refractivity contribution in [3.63, 3.8) is 0 Å². The minimum Gasteiger partial charge on any atom is -0.395 e. The predicted octanol–water partition coefficient (Wildman–Crippen LogP) is 1.72. The van der Waals surface area contributed by atoms with Crippen LogP contribution in [0, 0.1) is 0 Å². The van der Waals surface area contributed by atoms with E-state index in [1.807, 2.05) is 11.4 Å². The van der Waals surface area contributed by atoms with Gasteiger partial charge in [-0.1, -0.05) is 12.8 Å². The number of rotatable bonds is 5. The number of aromatic nitrogens is 2. The van der Waals surface area contributed by atoms with Crippen LogP contribution in [0.2, 0.25) is 0 Å². The van der Waals surface area contributed by atoms with Crippen LogP contribution in [0.15, 0.2) is 11.4 Å². The monoisotopic (exact) mass is 293 g/mol. The molecule has 0 atom stereocenters. The molecule has 0 unspecified atom stereocenters. The summed E-state index contributed by atoms with van der Waals surface area (Å²) < 4.78 is 1.06. The zero-order chi connectivity index (χ0) is 13.9. The number of aliphatic hydroxyl groups is 1. The summed E-state index contributed by atoms with van der Waals surface area (Å²) in [6.07, 6.45) is 4.80. The molecule has 0 radical (unpaired) electrons. The van der Waals surface area contributed by atoms with E-state index in [1.54, 1.807) is 11.3 Å². The van der Waals surface area contributed by atoms with Crippen molar-refractivity contribution in [2.75, 3.05) is 23.5 Å². The molecule has 1 fully saturated rings. The van der Waals surface area contributed by atoms with Gasteiger partial charge < -0.3 is 10.0 Å². The number of nitrogens with one attached hydrogen (secondary N) is 1. The Kier molecular flexibility index (Phi) is 4.00. The number of aliphatic hydroxyl groups excluding tert-OH is 1. The van der Waals surface area contributed by atoms with Gasteiger partial charge in [0.2, 0.25) is 5.95 Å². The molecule has 20 heavy (non-hydrogen) atoms. The summed E-state index contributed by atoms with van der Waals surface area (Å²) in [4.78, 5) is 11.1. The number of hydrogen-bond donors (Lipinski definition) is 3. The predicted molar refractivity (Wildman–Crippen MR) is 81.9 cm³/mol. The van der Waals surface area contributed by atoms with Crippen LogP contribution in [-0.4, -0.2) is 34.3 Å². The first-order chi connectivity index (χ1) is 9.83. The smallest absolute Gasteiger partial charge is 0.239 e. The first-order valence-electron chi connectivity index (χ1n) is 6.93. The van der Waals surface area contributed by atoms with Gasteiger partial charge in [-0.05, 0) is 24.3 Å². The van der Waals surface area contributed by atoms with E-state index in [0.29, 0.717) is 18.5 Å². The number of hydrogen-bond acceptors (Lipinski definition) is 7.